The molecule has 2 aliphatic carbocycles. The van der Waals surface area contributed by atoms with Gasteiger partial charge in [-0.15, -0.1) is 0 Å². The summed E-state index contributed by atoms with van der Waals surface area (Å²) in [7, 11) is 0. The zero-order valence-corrected chi connectivity index (χ0v) is 39.8. The summed E-state index contributed by atoms with van der Waals surface area (Å²) in [5.74, 6) is 1.19. The lowest BCUT2D eigenvalue weighted by atomic mass is 9.78. The van der Waals surface area contributed by atoms with Crippen molar-refractivity contribution in [3.8, 4) is 0 Å². The molecule has 0 aromatic heterocycles. The number of amidine groups is 2. The minimum Gasteiger partial charge on any atom is -0.370 e. The Morgan fingerprint density at radius 2 is 0.943 bits per heavy atom. The van der Waals surface area contributed by atoms with Crippen molar-refractivity contribution in [1.82, 2.24) is 21.3 Å². The number of nitrogens with zero attached hydrogens (tertiary/aromatic N) is 2. The van der Waals surface area contributed by atoms with Gasteiger partial charge in [0, 0.05) is 25.2 Å². The van der Waals surface area contributed by atoms with Gasteiger partial charge >= 0.3 is 12.4 Å². The summed E-state index contributed by atoms with van der Waals surface area (Å²) in [5, 5.41) is 12.5. The molecule has 2 fully saturated rings. The molecule has 2 amide bonds. The number of benzene rings is 4. The summed E-state index contributed by atoms with van der Waals surface area (Å²) in [6, 6.07) is 18.0. The highest BCUT2D eigenvalue weighted by Crippen LogP contribution is 2.35. The van der Waals surface area contributed by atoms with Crippen molar-refractivity contribution < 1.29 is 44.7 Å². The van der Waals surface area contributed by atoms with Gasteiger partial charge in [0.15, 0.2) is 0 Å². The number of carbonyl (C=O) groups excluding carboxylic acids is 2. The van der Waals surface area contributed by atoms with Gasteiger partial charge in [0.05, 0.1) is 45.4 Å². The van der Waals surface area contributed by atoms with Crippen LogP contribution in [0.2, 0.25) is 10.0 Å². The average Bonchev–Trinajstić information content (AvgIpc) is 3.99. The van der Waals surface area contributed by atoms with Gasteiger partial charge in [0.25, 0.3) is 11.8 Å². The van der Waals surface area contributed by atoms with Gasteiger partial charge < -0.3 is 21.3 Å². The molecule has 70 heavy (non-hydrogen) atoms. The van der Waals surface area contributed by atoms with Crippen molar-refractivity contribution in [2.45, 2.75) is 76.8 Å². The number of carbonyl (C=O) groups is 2. The first-order valence-corrected chi connectivity index (χ1v) is 23.8. The maximum absolute atomic E-state index is 13.1. The first-order valence-electron chi connectivity index (χ1n) is 23.0. The van der Waals surface area contributed by atoms with Gasteiger partial charge in [-0.1, -0.05) is 61.3 Å². The maximum atomic E-state index is 13.1. The lowest BCUT2D eigenvalue weighted by molar-refractivity contribution is -0.138. The van der Waals surface area contributed by atoms with Crippen molar-refractivity contribution in [1.29, 1.82) is 0 Å². The summed E-state index contributed by atoms with van der Waals surface area (Å²) in [6.07, 6.45) is -0.533. The van der Waals surface area contributed by atoms with Crippen LogP contribution in [0.3, 0.4) is 0 Å². The van der Waals surface area contributed by atoms with E-state index in [1.54, 1.807) is 24.3 Å². The molecule has 4 aromatic carbocycles. The van der Waals surface area contributed by atoms with Crippen LogP contribution in [0.4, 0.5) is 35.1 Å². The van der Waals surface area contributed by atoms with Crippen LogP contribution in [0.15, 0.2) is 107 Å². The maximum Gasteiger partial charge on any atom is 0.416 e. The molecule has 4 N–H and O–H groups in total. The monoisotopic (exact) mass is 1010 g/mol. The molecule has 8 rings (SSSR count). The number of alkyl halides is 6. The SMILES string of the molecule is C[C@@H]1C[C@@H](NC(=O)c2cc(C(F)(F)F)ccc2Cl)CC[C@@H]1CNC1=NCC(c2ccc(F)cc2)=C1.C[C@H]1C[C@@H](NC(=O)c2cc(C(F)(F)F)ccc2Cl)CC[C@@H]1CNC1=NCC(c2ccc(F)cc2)=C1. The third kappa shape index (κ3) is 13.8. The Morgan fingerprint density at radius 3 is 1.29 bits per heavy atom. The molecular formula is C52H52Cl2F8N6O2. The smallest absolute Gasteiger partial charge is 0.370 e. The van der Waals surface area contributed by atoms with E-state index in [-0.39, 0.29) is 44.9 Å². The number of rotatable bonds is 10. The number of amides is 2. The van der Waals surface area contributed by atoms with Crippen LogP contribution in [0.1, 0.15) is 95.3 Å². The van der Waals surface area contributed by atoms with E-state index in [0.717, 1.165) is 122 Å². The first-order chi connectivity index (χ1) is 33.2. The molecule has 0 unspecified atom stereocenters. The summed E-state index contributed by atoms with van der Waals surface area (Å²) in [5.41, 5.74) is 1.81. The molecule has 0 radical (unpaired) electrons. The summed E-state index contributed by atoms with van der Waals surface area (Å²) >= 11 is 12.0. The number of hydrogen-bond acceptors (Lipinski definition) is 6. The van der Waals surface area contributed by atoms with E-state index in [0.29, 0.717) is 36.8 Å². The van der Waals surface area contributed by atoms with Crippen molar-refractivity contribution >= 4 is 57.8 Å². The Bertz CT molecular complexity index is 2470. The number of hydrogen-bond donors (Lipinski definition) is 4. The van der Waals surface area contributed by atoms with Crippen molar-refractivity contribution in [2.75, 3.05) is 26.2 Å². The second kappa shape index (κ2) is 22.6. The minimum absolute atomic E-state index is 0.00756. The number of aliphatic imine (C=N–C) groups is 2. The fraction of sp³-hybridized carbons (Fsp3) is 0.385. The molecule has 0 bridgehead atoms. The Hall–Kier alpha value is -5.74. The van der Waals surface area contributed by atoms with E-state index in [2.05, 4.69) is 45.1 Å². The third-order valence-electron chi connectivity index (χ3n) is 13.4. The van der Waals surface area contributed by atoms with Crippen molar-refractivity contribution in [3.63, 3.8) is 0 Å². The Morgan fingerprint density at radius 1 is 0.571 bits per heavy atom. The zero-order chi connectivity index (χ0) is 50.3. The van der Waals surface area contributed by atoms with E-state index in [9.17, 15) is 44.7 Å². The quantitative estimate of drug-likeness (QED) is 0.119. The highest BCUT2D eigenvalue weighted by atomic mass is 35.5. The van der Waals surface area contributed by atoms with Crippen molar-refractivity contribution in [2.24, 2.45) is 33.7 Å². The molecule has 8 nitrogen and oxygen atoms in total. The van der Waals surface area contributed by atoms with Crippen LogP contribution >= 0.6 is 23.2 Å². The fourth-order valence-corrected chi connectivity index (χ4v) is 9.69. The lowest BCUT2D eigenvalue weighted by Gasteiger charge is -2.35. The second-order valence-electron chi connectivity index (χ2n) is 18.3. The molecule has 2 saturated carbocycles. The molecule has 372 valence electrons. The van der Waals surface area contributed by atoms with Crippen molar-refractivity contribution in [3.05, 3.63) is 152 Å². The standard InChI is InChI=1S/2C26H26ClF4N3O/c2*1-15-10-21(34-25(35)22-12-19(26(29,30)31)5-9-23(22)27)8-4-17(15)13-32-24-11-18(14-33-24)16-2-6-20(28)7-3-16/h2*2-3,5-7,9,11-12,15,17,21H,4,8,10,13-14H2,1H3,(H,32,33)(H,34,35)/t15-,17+,21-;15-,17-,21+/m01/s1. The predicted molar refractivity (Wildman–Crippen MR) is 258 cm³/mol. The second-order valence-corrected chi connectivity index (χ2v) is 19.2. The Labute approximate surface area is 411 Å². The summed E-state index contributed by atoms with van der Waals surface area (Å²) < 4.78 is 104. The van der Waals surface area contributed by atoms with E-state index in [4.69, 9.17) is 23.2 Å². The summed E-state index contributed by atoms with van der Waals surface area (Å²) in [4.78, 5) is 34.3. The van der Waals surface area contributed by atoms with Gasteiger partial charge in [-0.05, 0) is 157 Å². The molecule has 4 aliphatic rings. The number of halogens is 10. The van der Waals surface area contributed by atoms with Gasteiger partial charge in [-0.25, -0.2) is 8.78 Å². The van der Waals surface area contributed by atoms with Gasteiger partial charge in [-0.3, -0.25) is 19.6 Å². The van der Waals surface area contributed by atoms with Crippen LogP contribution in [0.25, 0.3) is 11.1 Å². The normalized spacial score (nSPS) is 22.4. The fourth-order valence-electron chi connectivity index (χ4n) is 9.28. The topological polar surface area (TPSA) is 107 Å². The van der Waals surface area contributed by atoms with Crippen LogP contribution in [-0.2, 0) is 12.4 Å². The zero-order valence-electron chi connectivity index (χ0n) is 38.3. The largest absolute Gasteiger partial charge is 0.416 e. The van der Waals surface area contributed by atoms with Crippen LogP contribution in [0.5, 0.6) is 0 Å². The predicted octanol–water partition coefficient (Wildman–Crippen LogP) is 12.2. The molecule has 0 spiro atoms. The Kier molecular flexibility index (Phi) is 16.8. The Balaban J connectivity index is 0.000000206. The van der Waals surface area contributed by atoms with E-state index < -0.39 is 35.3 Å². The molecule has 2 aliphatic heterocycles. The van der Waals surface area contributed by atoms with Gasteiger partial charge in [0.2, 0.25) is 0 Å². The molecule has 18 heteroatoms. The van der Waals surface area contributed by atoms with Crippen LogP contribution < -0.4 is 21.3 Å². The highest BCUT2D eigenvalue weighted by molar-refractivity contribution is 6.34. The molecule has 4 aromatic rings. The lowest BCUT2D eigenvalue weighted by Crippen LogP contribution is -2.42. The average molecular weight is 1020 g/mol. The van der Waals surface area contributed by atoms with E-state index in [1.165, 1.54) is 24.3 Å². The highest BCUT2D eigenvalue weighted by Gasteiger charge is 2.35. The molecule has 6 atom stereocenters. The number of nitrogens with one attached hydrogen (secondary N) is 4. The first kappa shape index (κ1) is 52.1. The van der Waals surface area contributed by atoms with E-state index in [1.807, 2.05) is 12.2 Å². The molecular weight excluding hydrogens is 964 g/mol. The molecule has 0 saturated heterocycles. The van der Waals surface area contributed by atoms with Crippen LogP contribution in [0, 0.1) is 35.3 Å². The minimum atomic E-state index is -4.54. The van der Waals surface area contributed by atoms with Gasteiger partial charge in [-0.2, -0.15) is 26.3 Å². The summed E-state index contributed by atoms with van der Waals surface area (Å²) in [6.45, 7) is 6.76. The van der Waals surface area contributed by atoms with Gasteiger partial charge in [0.1, 0.15) is 23.3 Å². The van der Waals surface area contributed by atoms with E-state index >= 15 is 0 Å². The third-order valence-corrected chi connectivity index (χ3v) is 14.1. The molecule has 2 heterocycles. The van der Waals surface area contributed by atoms with Crippen LogP contribution in [-0.4, -0.2) is 61.7 Å².